The number of nitriles is 1. The Labute approximate surface area is 179 Å². The van der Waals surface area contributed by atoms with Crippen molar-refractivity contribution < 1.29 is 14.3 Å². The van der Waals surface area contributed by atoms with Gasteiger partial charge in [-0.3, -0.25) is 4.79 Å². The first-order chi connectivity index (χ1) is 14.5. The van der Waals surface area contributed by atoms with Gasteiger partial charge in [-0.05, 0) is 43.5 Å². The van der Waals surface area contributed by atoms with Crippen LogP contribution in [0.1, 0.15) is 22.8 Å². The molecule has 0 unspecified atom stereocenters. The molecule has 3 aromatic rings. The summed E-state index contributed by atoms with van der Waals surface area (Å²) in [5.74, 6) is 1.44. The summed E-state index contributed by atoms with van der Waals surface area (Å²) in [4.78, 5) is 20.7. The van der Waals surface area contributed by atoms with Gasteiger partial charge in [-0.15, -0.1) is 0 Å². The molecule has 0 bridgehead atoms. The number of carbonyl (C=O) groups excluding carboxylic acids is 1. The lowest BCUT2D eigenvalue weighted by Gasteiger charge is -2.14. The molecule has 0 amide bonds. The molecular formula is C22H20N4O3S. The van der Waals surface area contributed by atoms with Gasteiger partial charge in [0.2, 0.25) is 0 Å². The highest BCUT2D eigenvalue weighted by Crippen LogP contribution is 2.35. The van der Waals surface area contributed by atoms with Crippen molar-refractivity contribution in [3.8, 4) is 28.8 Å². The molecular weight excluding hydrogens is 400 g/mol. The highest BCUT2D eigenvalue weighted by atomic mass is 32.2. The van der Waals surface area contributed by atoms with Crippen LogP contribution in [0, 0.1) is 11.3 Å². The monoisotopic (exact) mass is 420 g/mol. The molecule has 3 rings (SSSR count). The molecule has 0 aliphatic rings. The van der Waals surface area contributed by atoms with Gasteiger partial charge in [-0.25, -0.2) is 9.97 Å². The third kappa shape index (κ3) is 4.36. The number of thioether (sulfide) groups is 1. The molecule has 1 aromatic heterocycles. The molecule has 0 spiro atoms. The van der Waals surface area contributed by atoms with Crippen LogP contribution in [-0.4, -0.2) is 36.2 Å². The van der Waals surface area contributed by atoms with Crippen molar-refractivity contribution >= 4 is 29.1 Å². The summed E-state index contributed by atoms with van der Waals surface area (Å²) in [6.07, 6.45) is 1.86. The third-order valence-corrected chi connectivity index (χ3v) is 4.92. The fraction of sp³-hybridized carbons (Fsp3) is 0.182. The van der Waals surface area contributed by atoms with Crippen LogP contribution in [0.4, 0.5) is 11.5 Å². The van der Waals surface area contributed by atoms with Gasteiger partial charge in [0.1, 0.15) is 11.6 Å². The number of ether oxygens (including phenoxy) is 2. The first-order valence-corrected chi connectivity index (χ1v) is 10.2. The minimum Gasteiger partial charge on any atom is -0.493 e. The van der Waals surface area contributed by atoms with Gasteiger partial charge < -0.3 is 14.8 Å². The second kappa shape index (κ2) is 9.29. The highest BCUT2D eigenvalue weighted by molar-refractivity contribution is 7.98. The summed E-state index contributed by atoms with van der Waals surface area (Å²) < 4.78 is 10.7. The minimum absolute atomic E-state index is 0.0438. The Kier molecular flexibility index (Phi) is 6.54. The summed E-state index contributed by atoms with van der Waals surface area (Å²) in [6.45, 7) is 1.51. The number of aromatic nitrogens is 2. The van der Waals surface area contributed by atoms with E-state index in [-0.39, 0.29) is 11.3 Å². The fourth-order valence-electron chi connectivity index (χ4n) is 2.87. The molecule has 0 aliphatic heterocycles. The number of carbonyl (C=O) groups is 1. The van der Waals surface area contributed by atoms with Crippen LogP contribution >= 0.6 is 11.8 Å². The minimum atomic E-state index is -0.0438. The Morgan fingerprint density at radius 3 is 2.50 bits per heavy atom. The number of ketones is 1. The molecule has 7 nitrogen and oxygen atoms in total. The molecule has 0 atom stereocenters. The second-order valence-corrected chi connectivity index (χ2v) is 7.00. The van der Waals surface area contributed by atoms with E-state index in [9.17, 15) is 10.1 Å². The predicted octanol–water partition coefficient (Wildman–Crippen LogP) is 4.70. The lowest BCUT2D eigenvalue weighted by Crippen LogP contribution is -2.04. The lowest BCUT2D eigenvalue weighted by atomic mass is 10.1. The molecule has 30 heavy (non-hydrogen) atoms. The Bertz CT molecular complexity index is 1140. The molecule has 0 saturated heterocycles. The first-order valence-electron chi connectivity index (χ1n) is 8.97. The standard InChI is InChI=1S/C22H20N4O3S/c1-13(27)14-6-5-7-16(10-14)24-21-17(12-23)20(25-22(26-21)30-4)15-8-9-18(28-2)19(11-15)29-3/h5-11H,1-4H3,(H,24,25,26). The Balaban J connectivity index is 2.13. The van der Waals surface area contributed by atoms with Crippen LogP contribution in [0.3, 0.4) is 0 Å². The maximum atomic E-state index is 11.7. The quantitative estimate of drug-likeness (QED) is 0.334. The molecule has 0 fully saturated rings. The van der Waals surface area contributed by atoms with Gasteiger partial charge in [0.15, 0.2) is 28.3 Å². The SMILES string of the molecule is COc1ccc(-c2nc(SC)nc(Nc3cccc(C(C)=O)c3)c2C#N)cc1OC. The topological polar surface area (TPSA) is 97.1 Å². The molecule has 0 aliphatic carbocycles. The number of hydrogen-bond donors (Lipinski definition) is 1. The smallest absolute Gasteiger partial charge is 0.189 e. The Hall–Kier alpha value is -3.57. The van der Waals surface area contributed by atoms with Gasteiger partial charge in [0.05, 0.1) is 19.9 Å². The van der Waals surface area contributed by atoms with Gasteiger partial charge in [-0.2, -0.15) is 5.26 Å². The number of rotatable bonds is 7. The maximum Gasteiger partial charge on any atom is 0.189 e. The van der Waals surface area contributed by atoms with E-state index < -0.39 is 0 Å². The van der Waals surface area contributed by atoms with Crippen LogP contribution in [-0.2, 0) is 0 Å². The van der Waals surface area contributed by atoms with Crippen molar-refractivity contribution in [1.82, 2.24) is 9.97 Å². The summed E-state index contributed by atoms with van der Waals surface area (Å²) >= 11 is 1.37. The van der Waals surface area contributed by atoms with Gasteiger partial charge >= 0.3 is 0 Å². The van der Waals surface area contributed by atoms with Crippen molar-refractivity contribution in [2.75, 3.05) is 25.8 Å². The number of nitrogens with zero attached hydrogens (tertiary/aromatic N) is 3. The number of anilines is 2. The number of nitrogens with one attached hydrogen (secondary N) is 1. The van der Waals surface area contributed by atoms with Crippen LogP contribution in [0.15, 0.2) is 47.6 Å². The number of methoxy groups -OCH3 is 2. The lowest BCUT2D eigenvalue weighted by molar-refractivity contribution is 0.101. The first kappa shape index (κ1) is 21.1. The van der Waals surface area contributed by atoms with Crippen molar-refractivity contribution in [2.45, 2.75) is 12.1 Å². The molecule has 0 saturated carbocycles. The third-order valence-electron chi connectivity index (χ3n) is 4.37. The van der Waals surface area contributed by atoms with E-state index in [0.717, 1.165) is 0 Å². The fourth-order valence-corrected chi connectivity index (χ4v) is 3.24. The van der Waals surface area contributed by atoms with Crippen molar-refractivity contribution in [3.05, 3.63) is 53.6 Å². The zero-order chi connectivity index (χ0) is 21.7. The molecule has 152 valence electrons. The molecule has 1 N–H and O–H groups in total. The summed E-state index contributed by atoms with van der Waals surface area (Å²) in [6, 6.07) is 14.6. The zero-order valence-electron chi connectivity index (χ0n) is 17.0. The van der Waals surface area contributed by atoms with Crippen molar-refractivity contribution in [2.24, 2.45) is 0 Å². The number of benzene rings is 2. The second-order valence-electron chi connectivity index (χ2n) is 6.23. The van der Waals surface area contributed by atoms with E-state index in [2.05, 4.69) is 21.4 Å². The average Bonchev–Trinajstić information content (AvgIpc) is 2.78. The molecule has 0 radical (unpaired) electrons. The van der Waals surface area contributed by atoms with E-state index in [1.807, 2.05) is 18.4 Å². The molecule has 2 aromatic carbocycles. The van der Waals surface area contributed by atoms with E-state index in [0.29, 0.717) is 45.0 Å². The Morgan fingerprint density at radius 2 is 1.87 bits per heavy atom. The van der Waals surface area contributed by atoms with Crippen LogP contribution in [0.5, 0.6) is 11.5 Å². The van der Waals surface area contributed by atoms with Gasteiger partial charge in [0.25, 0.3) is 0 Å². The van der Waals surface area contributed by atoms with Crippen molar-refractivity contribution in [1.29, 1.82) is 5.26 Å². The van der Waals surface area contributed by atoms with Crippen LogP contribution in [0.2, 0.25) is 0 Å². The largest absolute Gasteiger partial charge is 0.493 e. The van der Waals surface area contributed by atoms with Crippen LogP contribution in [0.25, 0.3) is 11.3 Å². The summed E-state index contributed by atoms with van der Waals surface area (Å²) in [5.41, 5.74) is 2.68. The molecule has 1 heterocycles. The number of Topliss-reactive ketones (excluding diaryl/α,β-unsaturated/α-hetero) is 1. The number of hydrogen-bond acceptors (Lipinski definition) is 8. The van der Waals surface area contributed by atoms with E-state index in [4.69, 9.17) is 9.47 Å². The van der Waals surface area contributed by atoms with Crippen LogP contribution < -0.4 is 14.8 Å². The normalized spacial score (nSPS) is 10.2. The average molecular weight is 420 g/mol. The maximum absolute atomic E-state index is 11.7. The van der Waals surface area contributed by atoms with Crippen molar-refractivity contribution in [3.63, 3.8) is 0 Å². The Morgan fingerprint density at radius 1 is 1.10 bits per heavy atom. The van der Waals surface area contributed by atoms with Gasteiger partial charge in [0, 0.05) is 16.8 Å². The van der Waals surface area contributed by atoms with Gasteiger partial charge in [-0.1, -0.05) is 23.9 Å². The van der Waals surface area contributed by atoms with E-state index in [1.165, 1.54) is 18.7 Å². The summed E-state index contributed by atoms with van der Waals surface area (Å²) in [5, 5.41) is 13.5. The predicted molar refractivity (Wildman–Crippen MR) is 117 cm³/mol. The highest BCUT2D eigenvalue weighted by Gasteiger charge is 2.18. The van der Waals surface area contributed by atoms with E-state index in [1.54, 1.807) is 44.6 Å². The van der Waals surface area contributed by atoms with E-state index >= 15 is 0 Å². The molecule has 8 heteroatoms. The summed E-state index contributed by atoms with van der Waals surface area (Å²) in [7, 11) is 3.11. The zero-order valence-corrected chi connectivity index (χ0v) is 17.8.